The first-order valence-electron chi connectivity index (χ1n) is 5.82. The molecule has 0 saturated carbocycles. The number of pyridine rings is 1. The van der Waals surface area contributed by atoms with Gasteiger partial charge in [-0.25, -0.2) is 9.78 Å². The van der Waals surface area contributed by atoms with Gasteiger partial charge >= 0.3 is 12.3 Å². The number of halogens is 3. The molecule has 0 amide bonds. The molecule has 21 heavy (non-hydrogen) atoms. The van der Waals surface area contributed by atoms with Gasteiger partial charge in [0.1, 0.15) is 5.75 Å². The van der Waals surface area contributed by atoms with Crippen LogP contribution in [-0.2, 0) is 0 Å². The summed E-state index contributed by atoms with van der Waals surface area (Å²) in [5, 5.41) is 8.89. The number of hydrogen-bond acceptors (Lipinski definition) is 3. The van der Waals surface area contributed by atoms with Crippen molar-refractivity contribution >= 4 is 5.97 Å². The molecule has 0 aliphatic heterocycles. The largest absolute Gasteiger partial charge is 0.573 e. The Hall–Kier alpha value is -2.57. The first-order chi connectivity index (χ1) is 9.76. The van der Waals surface area contributed by atoms with Crippen LogP contribution in [0.3, 0.4) is 0 Å². The monoisotopic (exact) mass is 297 g/mol. The van der Waals surface area contributed by atoms with Gasteiger partial charge in [0.05, 0.1) is 0 Å². The number of nitrogens with zero attached hydrogens (tertiary/aromatic N) is 1. The second-order valence-electron chi connectivity index (χ2n) is 4.27. The van der Waals surface area contributed by atoms with E-state index in [1.807, 2.05) is 0 Å². The van der Waals surface area contributed by atoms with E-state index in [1.165, 1.54) is 24.4 Å². The highest BCUT2D eigenvalue weighted by Crippen LogP contribution is 2.28. The average molecular weight is 297 g/mol. The van der Waals surface area contributed by atoms with Gasteiger partial charge in [-0.2, -0.15) is 0 Å². The quantitative estimate of drug-likeness (QED) is 0.939. The van der Waals surface area contributed by atoms with Crippen LogP contribution in [0.1, 0.15) is 16.1 Å². The molecule has 1 heterocycles. The molecule has 4 nitrogen and oxygen atoms in total. The molecule has 0 fully saturated rings. The lowest BCUT2D eigenvalue weighted by Gasteiger charge is -2.10. The van der Waals surface area contributed by atoms with Crippen LogP contribution in [0.25, 0.3) is 11.1 Å². The van der Waals surface area contributed by atoms with Crippen LogP contribution in [-0.4, -0.2) is 22.4 Å². The van der Waals surface area contributed by atoms with Crippen molar-refractivity contribution in [2.24, 2.45) is 0 Å². The molecule has 2 rings (SSSR count). The zero-order valence-corrected chi connectivity index (χ0v) is 10.8. The molecule has 0 spiro atoms. The Kier molecular flexibility index (Phi) is 3.84. The third kappa shape index (κ3) is 3.71. The van der Waals surface area contributed by atoms with Crippen molar-refractivity contribution in [2.75, 3.05) is 0 Å². The minimum Gasteiger partial charge on any atom is -0.477 e. The minimum atomic E-state index is -4.76. The van der Waals surface area contributed by atoms with Crippen LogP contribution >= 0.6 is 0 Å². The number of carbonyl (C=O) groups is 1. The Bertz CT molecular complexity index is 683. The lowest BCUT2D eigenvalue weighted by Crippen LogP contribution is -2.17. The van der Waals surface area contributed by atoms with E-state index in [1.54, 1.807) is 19.1 Å². The van der Waals surface area contributed by atoms with Crippen LogP contribution in [0, 0.1) is 6.92 Å². The highest BCUT2D eigenvalue weighted by molar-refractivity contribution is 5.87. The molecular formula is C14H10F3NO3. The average Bonchev–Trinajstić information content (AvgIpc) is 2.36. The Morgan fingerprint density at radius 3 is 2.52 bits per heavy atom. The summed E-state index contributed by atoms with van der Waals surface area (Å²) in [5.74, 6) is -1.51. The Morgan fingerprint density at radius 2 is 1.95 bits per heavy atom. The normalized spacial score (nSPS) is 11.2. The lowest BCUT2D eigenvalue weighted by atomic mass is 10.0. The Labute approximate surface area is 117 Å². The molecule has 0 saturated heterocycles. The number of alkyl halides is 3. The van der Waals surface area contributed by atoms with Crippen molar-refractivity contribution in [3.05, 3.63) is 47.8 Å². The van der Waals surface area contributed by atoms with E-state index >= 15 is 0 Å². The molecule has 0 bridgehead atoms. The van der Waals surface area contributed by atoms with Crippen molar-refractivity contribution in [1.29, 1.82) is 0 Å². The number of hydrogen-bond donors (Lipinski definition) is 1. The summed E-state index contributed by atoms with van der Waals surface area (Å²) in [4.78, 5) is 14.7. The Morgan fingerprint density at radius 1 is 1.24 bits per heavy atom. The van der Waals surface area contributed by atoms with Gasteiger partial charge in [0.15, 0.2) is 5.69 Å². The van der Waals surface area contributed by atoms with Crippen molar-refractivity contribution < 1.29 is 27.8 Å². The van der Waals surface area contributed by atoms with E-state index < -0.39 is 12.3 Å². The van der Waals surface area contributed by atoms with Crippen molar-refractivity contribution in [3.63, 3.8) is 0 Å². The summed E-state index contributed by atoms with van der Waals surface area (Å²) in [6.45, 7) is 1.57. The van der Waals surface area contributed by atoms with E-state index in [0.29, 0.717) is 16.7 Å². The van der Waals surface area contributed by atoms with Crippen LogP contribution in [0.4, 0.5) is 13.2 Å². The smallest absolute Gasteiger partial charge is 0.477 e. The zero-order chi connectivity index (χ0) is 15.6. The number of rotatable bonds is 3. The van der Waals surface area contributed by atoms with Crippen molar-refractivity contribution in [2.45, 2.75) is 13.3 Å². The van der Waals surface area contributed by atoms with Gasteiger partial charge in [-0.05, 0) is 36.2 Å². The fourth-order valence-corrected chi connectivity index (χ4v) is 1.83. The fourth-order valence-electron chi connectivity index (χ4n) is 1.83. The van der Waals surface area contributed by atoms with Crippen LogP contribution in [0.5, 0.6) is 5.75 Å². The first-order valence-corrected chi connectivity index (χ1v) is 5.82. The third-order valence-electron chi connectivity index (χ3n) is 2.68. The summed E-state index contributed by atoms with van der Waals surface area (Å²) < 4.78 is 40.4. The molecule has 0 unspecified atom stereocenters. The van der Waals surface area contributed by atoms with E-state index in [4.69, 9.17) is 5.11 Å². The second kappa shape index (κ2) is 5.43. The predicted octanol–water partition coefficient (Wildman–Crippen LogP) is 3.65. The standard InChI is InChI=1S/C14H10F3NO3/c1-8-5-10(7-18-12(8)13(19)20)9-3-2-4-11(6-9)21-14(15,16)17/h2-7H,1H3,(H,19,20). The summed E-state index contributed by atoms with van der Waals surface area (Å²) in [7, 11) is 0. The molecule has 1 aromatic heterocycles. The first kappa shape index (κ1) is 14.8. The summed E-state index contributed by atoms with van der Waals surface area (Å²) >= 11 is 0. The maximum atomic E-state index is 12.2. The van der Waals surface area contributed by atoms with Crippen LogP contribution in [0.2, 0.25) is 0 Å². The number of aromatic nitrogens is 1. The maximum Gasteiger partial charge on any atom is 0.573 e. The second-order valence-corrected chi connectivity index (χ2v) is 4.27. The highest BCUT2D eigenvalue weighted by atomic mass is 19.4. The van der Waals surface area contributed by atoms with E-state index in [-0.39, 0.29) is 11.4 Å². The summed E-state index contributed by atoms with van der Waals surface area (Å²) in [6.07, 6.45) is -3.47. The maximum absolute atomic E-state index is 12.2. The molecule has 0 aliphatic carbocycles. The van der Waals surface area contributed by atoms with E-state index in [2.05, 4.69) is 9.72 Å². The SMILES string of the molecule is Cc1cc(-c2cccc(OC(F)(F)F)c2)cnc1C(=O)O. The molecule has 2 aromatic rings. The number of benzene rings is 1. The number of aromatic carboxylic acids is 1. The fraction of sp³-hybridized carbons (Fsp3) is 0.143. The van der Waals surface area contributed by atoms with Crippen LogP contribution < -0.4 is 4.74 Å². The highest BCUT2D eigenvalue weighted by Gasteiger charge is 2.31. The molecule has 110 valence electrons. The van der Waals surface area contributed by atoms with Gasteiger partial charge in [-0.3, -0.25) is 0 Å². The predicted molar refractivity (Wildman–Crippen MR) is 68.1 cm³/mol. The number of aryl methyl sites for hydroxylation is 1. The number of carboxylic acids is 1. The molecule has 0 atom stereocenters. The van der Waals surface area contributed by atoms with E-state index in [9.17, 15) is 18.0 Å². The zero-order valence-electron chi connectivity index (χ0n) is 10.8. The number of carboxylic acid groups (broad SMARTS) is 1. The van der Waals surface area contributed by atoms with Gasteiger partial charge in [-0.1, -0.05) is 12.1 Å². The van der Waals surface area contributed by atoms with E-state index in [0.717, 1.165) is 0 Å². The van der Waals surface area contributed by atoms with Gasteiger partial charge in [0.25, 0.3) is 0 Å². The minimum absolute atomic E-state index is 0.0959. The molecule has 1 aromatic carbocycles. The molecule has 0 radical (unpaired) electrons. The molecular weight excluding hydrogens is 287 g/mol. The van der Waals surface area contributed by atoms with Crippen LogP contribution in [0.15, 0.2) is 36.5 Å². The van der Waals surface area contributed by atoms with Gasteiger partial charge in [-0.15, -0.1) is 13.2 Å². The lowest BCUT2D eigenvalue weighted by molar-refractivity contribution is -0.274. The Balaban J connectivity index is 2.36. The van der Waals surface area contributed by atoms with Gasteiger partial charge < -0.3 is 9.84 Å². The van der Waals surface area contributed by atoms with Crippen molar-refractivity contribution in [1.82, 2.24) is 4.98 Å². The molecule has 1 N–H and O–H groups in total. The topological polar surface area (TPSA) is 59.4 Å². The molecule has 7 heteroatoms. The summed E-state index contributed by atoms with van der Waals surface area (Å²) in [5.41, 5.74) is 1.28. The van der Waals surface area contributed by atoms with Gasteiger partial charge in [0, 0.05) is 11.8 Å². The third-order valence-corrected chi connectivity index (χ3v) is 2.68. The molecule has 0 aliphatic rings. The van der Waals surface area contributed by atoms with Gasteiger partial charge in [0.2, 0.25) is 0 Å². The number of ether oxygens (including phenoxy) is 1. The van der Waals surface area contributed by atoms with Crippen molar-refractivity contribution in [3.8, 4) is 16.9 Å². The summed E-state index contributed by atoms with van der Waals surface area (Å²) in [6, 6.07) is 6.94.